The highest BCUT2D eigenvalue weighted by Crippen LogP contribution is 2.23. The van der Waals surface area contributed by atoms with E-state index < -0.39 is 0 Å². The molecule has 0 heterocycles. The molecule has 1 amide bonds. The molecule has 6 heteroatoms. The highest BCUT2D eigenvalue weighted by Gasteiger charge is 2.02. The molecule has 5 nitrogen and oxygen atoms in total. The third kappa shape index (κ3) is 6.66. The van der Waals surface area contributed by atoms with Gasteiger partial charge in [-0.05, 0) is 54.1 Å². The lowest BCUT2D eigenvalue weighted by Crippen LogP contribution is -2.17. The molecule has 0 saturated carbocycles. The summed E-state index contributed by atoms with van der Waals surface area (Å²) in [5, 5.41) is 4.58. The van der Waals surface area contributed by atoms with Crippen molar-refractivity contribution in [2.24, 2.45) is 5.10 Å². The number of benzene rings is 3. The van der Waals surface area contributed by atoms with E-state index in [9.17, 15) is 4.79 Å². The summed E-state index contributed by atoms with van der Waals surface area (Å²) in [5.41, 5.74) is 3.92. The zero-order valence-corrected chi connectivity index (χ0v) is 16.5. The van der Waals surface area contributed by atoms with Crippen LogP contribution in [-0.2, 0) is 0 Å². The molecule has 0 aromatic heterocycles. The second kappa shape index (κ2) is 10.9. The number of rotatable bonds is 9. The molecule has 3 aromatic carbocycles. The molecule has 148 valence electrons. The number of amides is 1. The van der Waals surface area contributed by atoms with Crippen LogP contribution in [0.5, 0.6) is 11.5 Å². The molecule has 0 saturated heterocycles. The van der Waals surface area contributed by atoms with Gasteiger partial charge in [0.1, 0.15) is 11.5 Å². The van der Waals surface area contributed by atoms with E-state index in [4.69, 9.17) is 21.1 Å². The van der Waals surface area contributed by atoms with Crippen molar-refractivity contribution in [2.75, 3.05) is 13.2 Å². The minimum atomic E-state index is -0.249. The molecule has 29 heavy (non-hydrogen) atoms. The number of carbonyl (C=O) groups is 1. The predicted molar refractivity (Wildman–Crippen MR) is 115 cm³/mol. The Morgan fingerprint density at radius 3 is 2.34 bits per heavy atom. The van der Waals surface area contributed by atoms with Crippen molar-refractivity contribution < 1.29 is 14.3 Å². The summed E-state index contributed by atoms with van der Waals surface area (Å²) in [7, 11) is 0. The molecule has 0 atom stereocenters. The number of hydrogen-bond donors (Lipinski definition) is 1. The van der Waals surface area contributed by atoms with Crippen molar-refractivity contribution in [3.05, 3.63) is 95.0 Å². The molecule has 0 radical (unpaired) electrons. The van der Waals surface area contributed by atoms with E-state index in [1.54, 1.807) is 36.5 Å². The van der Waals surface area contributed by atoms with Crippen LogP contribution >= 0.6 is 11.6 Å². The van der Waals surface area contributed by atoms with Crippen LogP contribution in [0.25, 0.3) is 0 Å². The molecule has 0 unspecified atom stereocenters. The van der Waals surface area contributed by atoms with E-state index in [0.29, 0.717) is 29.5 Å². The van der Waals surface area contributed by atoms with Crippen molar-refractivity contribution in [3.63, 3.8) is 0 Å². The molecule has 0 aliphatic heterocycles. The molecule has 0 aliphatic rings. The SMILES string of the molecule is O=C(N/N=C\c1ccc(OCCCOc2ccccc2Cl)cc1)c1ccccc1. The summed E-state index contributed by atoms with van der Waals surface area (Å²) in [6, 6.07) is 23.8. The van der Waals surface area contributed by atoms with Crippen LogP contribution in [0, 0.1) is 0 Å². The van der Waals surface area contributed by atoms with Gasteiger partial charge in [-0.25, -0.2) is 5.43 Å². The third-order valence-electron chi connectivity index (χ3n) is 3.95. The van der Waals surface area contributed by atoms with Crippen LogP contribution in [0.1, 0.15) is 22.3 Å². The fourth-order valence-corrected chi connectivity index (χ4v) is 2.65. The molecule has 3 aromatic rings. The van der Waals surface area contributed by atoms with Gasteiger partial charge in [0, 0.05) is 12.0 Å². The maximum Gasteiger partial charge on any atom is 0.271 e. The van der Waals surface area contributed by atoms with Gasteiger partial charge in [-0.2, -0.15) is 5.10 Å². The predicted octanol–water partition coefficient (Wildman–Crippen LogP) is 4.95. The largest absolute Gasteiger partial charge is 0.493 e. The van der Waals surface area contributed by atoms with Crippen LogP contribution in [0.4, 0.5) is 0 Å². The van der Waals surface area contributed by atoms with E-state index in [2.05, 4.69) is 10.5 Å². The quantitative estimate of drug-likeness (QED) is 0.309. The number of carbonyl (C=O) groups excluding carboxylic acids is 1. The van der Waals surface area contributed by atoms with Crippen LogP contribution in [0.2, 0.25) is 5.02 Å². The summed E-state index contributed by atoms with van der Waals surface area (Å²) in [4.78, 5) is 11.9. The van der Waals surface area contributed by atoms with Gasteiger partial charge in [0.2, 0.25) is 0 Å². The number of ether oxygens (including phenoxy) is 2. The first-order chi connectivity index (χ1) is 14.2. The Morgan fingerprint density at radius 2 is 1.59 bits per heavy atom. The van der Waals surface area contributed by atoms with Crippen LogP contribution in [0.3, 0.4) is 0 Å². The standard InChI is InChI=1S/C23H21ClN2O3/c24-21-9-4-5-10-22(21)29-16-6-15-28-20-13-11-18(12-14-20)17-25-26-23(27)19-7-2-1-3-8-19/h1-5,7-14,17H,6,15-16H2,(H,26,27)/b25-17-. The van der Waals surface area contributed by atoms with E-state index in [-0.39, 0.29) is 5.91 Å². The fraction of sp³-hybridized carbons (Fsp3) is 0.130. The highest BCUT2D eigenvalue weighted by molar-refractivity contribution is 6.32. The Kier molecular flexibility index (Phi) is 7.66. The van der Waals surface area contributed by atoms with Gasteiger partial charge in [0.25, 0.3) is 5.91 Å². The number of para-hydroxylation sites is 1. The monoisotopic (exact) mass is 408 g/mol. The van der Waals surface area contributed by atoms with E-state index in [1.807, 2.05) is 48.5 Å². The number of nitrogens with one attached hydrogen (secondary N) is 1. The summed E-state index contributed by atoms with van der Waals surface area (Å²) in [6.45, 7) is 1.06. The zero-order chi connectivity index (χ0) is 20.3. The maximum atomic E-state index is 11.9. The van der Waals surface area contributed by atoms with Gasteiger partial charge >= 0.3 is 0 Å². The summed E-state index contributed by atoms with van der Waals surface area (Å²) in [6.07, 6.45) is 2.32. The molecular formula is C23H21ClN2O3. The Balaban J connectivity index is 1.37. The topological polar surface area (TPSA) is 59.9 Å². The van der Waals surface area contributed by atoms with Gasteiger partial charge < -0.3 is 9.47 Å². The molecule has 1 N–H and O–H groups in total. The van der Waals surface area contributed by atoms with Crippen LogP contribution in [-0.4, -0.2) is 25.3 Å². The molecule has 0 fully saturated rings. The molecule has 0 aliphatic carbocycles. The van der Waals surface area contributed by atoms with Gasteiger partial charge in [0.15, 0.2) is 0 Å². The minimum absolute atomic E-state index is 0.249. The lowest BCUT2D eigenvalue weighted by molar-refractivity contribution is 0.0955. The van der Waals surface area contributed by atoms with E-state index in [0.717, 1.165) is 17.7 Å². The Morgan fingerprint density at radius 1 is 0.897 bits per heavy atom. The average Bonchev–Trinajstić information content (AvgIpc) is 2.76. The lowest BCUT2D eigenvalue weighted by Gasteiger charge is -2.09. The third-order valence-corrected chi connectivity index (χ3v) is 4.26. The van der Waals surface area contributed by atoms with Crippen molar-refractivity contribution in [1.82, 2.24) is 5.43 Å². The molecule has 0 bridgehead atoms. The number of hydrazone groups is 1. The number of halogens is 1. The van der Waals surface area contributed by atoms with Crippen LogP contribution < -0.4 is 14.9 Å². The second-order valence-corrected chi connectivity index (χ2v) is 6.52. The second-order valence-electron chi connectivity index (χ2n) is 6.12. The van der Waals surface area contributed by atoms with Gasteiger partial charge in [-0.15, -0.1) is 0 Å². The minimum Gasteiger partial charge on any atom is -0.493 e. The smallest absolute Gasteiger partial charge is 0.271 e. The van der Waals surface area contributed by atoms with Crippen molar-refractivity contribution in [1.29, 1.82) is 0 Å². The Hall–Kier alpha value is -3.31. The molecule has 3 rings (SSSR count). The highest BCUT2D eigenvalue weighted by atomic mass is 35.5. The summed E-state index contributed by atoms with van der Waals surface area (Å²) < 4.78 is 11.3. The van der Waals surface area contributed by atoms with Crippen molar-refractivity contribution >= 4 is 23.7 Å². The first-order valence-electron chi connectivity index (χ1n) is 9.21. The van der Waals surface area contributed by atoms with Crippen molar-refractivity contribution in [2.45, 2.75) is 6.42 Å². The van der Waals surface area contributed by atoms with Gasteiger partial charge in [-0.3, -0.25) is 4.79 Å². The zero-order valence-electron chi connectivity index (χ0n) is 15.8. The Labute approximate surface area is 174 Å². The number of hydrogen-bond acceptors (Lipinski definition) is 4. The van der Waals surface area contributed by atoms with Crippen molar-refractivity contribution in [3.8, 4) is 11.5 Å². The van der Waals surface area contributed by atoms with Gasteiger partial charge in [-0.1, -0.05) is 41.9 Å². The molecular weight excluding hydrogens is 388 g/mol. The van der Waals surface area contributed by atoms with E-state index >= 15 is 0 Å². The van der Waals surface area contributed by atoms with E-state index in [1.165, 1.54) is 0 Å². The Bertz CT molecular complexity index is 944. The lowest BCUT2D eigenvalue weighted by atomic mass is 10.2. The molecule has 0 spiro atoms. The maximum absolute atomic E-state index is 11.9. The fourth-order valence-electron chi connectivity index (χ4n) is 2.46. The van der Waals surface area contributed by atoms with Gasteiger partial charge in [0.05, 0.1) is 24.5 Å². The first-order valence-corrected chi connectivity index (χ1v) is 9.59. The number of nitrogens with zero attached hydrogens (tertiary/aromatic N) is 1. The first kappa shape index (κ1) is 20.4. The normalized spacial score (nSPS) is 10.7. The summed E-state index contributed by atoms with van der Waals surface area (Å²) >= 11 is 6.04. The summed E-state index contributed by atoms with van der Waals surface area (Å²) in [5.74, 6) is 1.19. The average molecular weight is 409 g/mol. The van der Waals surface area contributed by atoms with Crippen LogP contribution in [0.15, 0.2) is 84.0 Å².